The molecule has 0 atom stereocenters. The number of imidazole rings is 1. The van der Waals surface area contributed by atoms with Gasteiger partial charge in [-0.1, -0.05) is 18.6 Å². The number of carbonyl (C=O) groups is 1. The van der Waals surface area contributed by atoms with Gasteiger partial charge in [0.05, 0.1) is 17.2 Å². The lowest BCUT2D eigenvalue weighted by molar-refractivity contribution is -0.111. The number of aliphatic hydroxyl groups excluding tert-OH is 1. The SMILES string of the molecule is O=C(Nc1cnccc1OCCN1CCCCC1)C1=C(O)CCn2c1nc1ccccc12. The van der Waals surface area contributed by atoms with Crippen LogP contribution in [0, 0.1) is 0 Å². The number of nitrogens with zero attached hydrogens (tertiary/aromatic N) is 4. The highest BCUT2D eigenvalue weighted by Crippen LogP contribution is 2.31. The number of hydrogen-bond donors (Lipinski definition) is 2. The van der Waals surface area contributed by atoms with Crippen molar-refractivity contribution in [2.24, 2.45) is 0 Å². The van der Waals surface area contributed by atoms with E-state index in [1.54, 1.807) is 18.5 Å². The molecular weight excluding hydrogens is 406 g/mol. The molecule has 2 N–H and O–H groups in total. The van der Waals surface area contributed by atoms with Gasteiger partial charge in [0.1, 0.15) is 35.2 Å². The lowest BCUT2D eigenvalue weighted by atomic mass is 10.1. The van der Waals surface area contributed by atoms with Crippen LogP contribution in [0.2, 0.25) is 0 Å². The van der Waals surface area contributed by atoms with Gasteiger partial charge in [-0.25, -0.2) is 4.98 Å². The monoisotopic (exact) mass is 433 g/mol. The molecule has 4 heterocycles. The molecule has 5 rings (SSSR count). The number of fused-ring (bicyclic) bond motifs is 3. The van der Waals surface area contributed by atoms with E-state index in [2.05, 4.69) is 20.2 Å². The fraction of sp³-hybridized carbons (Fsp3) is 0.375. The maximum Gasteiger partial charge on any atom is 0.263 e. The predicted octanol–water partition coefficient (Wildman–Crippen LogP) is 3.61. The van der Waals surface area contributed by atoms with Crippen molar-refractivity contribution in [3.05, 3.63) is 54.3 Å². The van der Waals surface area contributed by atoms with Crippen LogP contribution in [0.15, 0.2) is 48.5 Å². The topological polar surface area (TPSA) is 92.5 Å². The van der Waals surface area contributed by atoms with Gasteiger partial charge in [-0.2, -0.15) is 0 Å². The number of aryl methyl sites for hydroxylation is 1. The number of hydrogen-bond acceptors (Lipinski definition) is 6. The number of likely N-dealkylation sites (tertiary alicyclic amines) is 1. The average molecular weight is 434 g/mol. The van der Waals surface area contributed by atoms with Gasteiger partial charge in [0, 0.05) is 31.8 Å². The highest BCUT2D eigenvalue weighted by atomic mass is 16.5. The Kier molecular flexibility index (Phi) is 5.77. The summed E-state index contributed by atoms with van der Waals surface area (Å²) in [5.74, 6) is 0.660. The van der Waals surface area contributed by atoms with Crippen molar-refractivity contribution in [1.29, 1.82) is 0 Å². The first-order chi connectivity index (χ1) is 15.7. The van der Waals surface area contributed by atoms with Gasteiger partial charge in [0.2, 0.25) is 0 Å². The minimum atomic E-state index is -0.423. The molecule has 32 heavy (non-hydrogen) atoms. The summed E-state index contributed by atoms with van der Waals surface area (Å²) in [6.45, 7) is 4.19. The number of anilines is 1. The summed E-state index contributed by atoms with van der Waals surface area (Å²) in [7, 11) is 0. The smallest absolute Gasteiger partial charge is 0.263 e. The minimum Gasteiger partial charge on any atom is -0.511 e. The number of carbonyl (C=O) groups excluding carboxylic acids is 1. The molecule has 0 spiro atoms. The highest BCUT2D eigenvalue weighted by Gasteiger charge is 2.28. The number of ether oxygens (including phenoxy) is 1. The normalized spacial score (nSPS) is 16.8. The molecule has 8 nitrogen and oxygen atoms in total. The molecule has 1 fully saturated rings. The van der Waals surface area contributed by atoms with Crippen LogP contribution in [0.3, 0.4) is 0 Å². The van der Waals surface area contributed by atoms with Gasteiger partial charge < -0.3 is 19.7 Å². The Morgan fingerprint density at radius 1 is 1.12 bits per heavy atom. The molecule has 0 bridgehead atoms. The molecule has 2 aliphatic rings. The summed E-state index contributed by atoms with van der Waals surface area (Å²) in [4.78, 5) is 24.4. The van der Waals surface area contributed by atoms with Crippen molar-refractivity contribution >= 4 is 28.2 Å². The van der Waals surface area contributed by atoms with Crippen LogP contribution in [0.4, 0.5) is 5.69 Å². The summed E-state index contributed by atoms with van der Waals surface area (Å²) in [5.41, 5.74) is 2.41. The number of benzene rings is 1. The summed E-state index contributed by atoms with van der Waals surface area (Å²) in [5, 5.41) is 13.4. The standard InChI is InChI=1S/C24H27N5O3/c30-20-9-13-29-19-7-3-2-6-17(19)26-23(29)22(20)24(31)27-18-16-25-10-8-21(18)32-15-14-28-11-4-1-5-12-28/h2-3,6-8,10,16,30H,1,4-5,9,11-15H2,(H,27,31). The van der Waals surface area contributed by atoms with Gasteiger partial charge in [-0.3, -0.25) is 14.7 Å². The summed E-state index contributed by atoms with van der Waals surface area (Å²) >= 11 is 0. The molecule has 166 valence electrons. The third-order valence-electron chi connectivity index (χ3n) is 6.11. The van der Waals surface area contributed by atoms with Gasteiger partial charge in [0.15, 0.2) is 0 Å². The first-order valence-corrected chi connectivity index (χ1v) is 11.2. The van der Waals surface area contributed by atoms with Crippen molar-refractivity contribution < 1.29 is 14.6 Å². The number of aliphatic hydroxyl groups is 1. The maximum atomic E-state index is 13.2. The number of allylic oxidation sites excluding steroid dienone is 1. The lowest BCUT2D eigenvalue weighted by Crippen LogP contribution is -2.33. The molecule has 0 aliphatic carbocycles. The van der Waals surface area contributed by atoms with Crippen LogP contribution < -0.4 is 10.1 Å². The molecule has 2 aliphatic heterocycles. The van der Waals surface area contributed by atoms with E-state index in [1.807, 2.05) is 28.8 Å². The van der Waals surface area contributed by atoms with E-state index in [9.17, 15) is 9.90 Å². The van der Waals surface area contributed by atoms with Crippen LogP contribution in [0.25, 0.3) is 16.6 Å². The Labute approximate surface area is 186 Å². The van der Waals surface area contributed by atoms with E-state index >= 15 is 0 Å². The fourth-order valence-electron chi connectivity index (χ4n) is 4.45. The highest BCUT2D eigenvalue weighted by molar-refractivity contribution is 6.25. The molecule has 2 aromatic heterocycles. The molecule has 0 unspecified atom stereocenters. The number of nitrogens with one attached hydrogen (secondary N) is 1. The van der Waals surface area contributed by atoms with E-state index in [0.29, 0.717) is 36.8 Å². The molecule has 0 saturated carbocycles. The van der Waals surface area contributed by atoms with Crippen LogP contribution in [0.5, 0.6) is 5.75 Å². The maximum absolute atomic E-state index is 13.2. The molecule has 1 saturated heterocycles. The Morgan fingerprint density at radius 2 is 1.97 bits per heavy atom. The third kappa shape index (κ3) is 4.05. The quantitative estimate of drug-likeness (QED) is 0.617. The second-order valence-electron chi connectivity index (χ2n) is 8.22. The first-order valence-electron chi connectivity index (χ1n) is 11.2. The Balaban J connectivity index is 1.33. The van der Waals surface area contributed by atoms with Gasteiger partial charge >= 0.3 is 0 Å². The van der Waals surface area contributed by atoms with Gasteiger partial charge in [-0.05, 0) is 38.1 Å². The van der Waals surface area contributed by atoms with Crippen molar-refractivity contribution in [3.63, 3.8) is 0 Å². The second kappa shape index (κ2) is 9.00. The van der Waals surface area contributed by atoms with E-state index < -0.39 is 5.91 Å². The van der Waals surface area contributed by atoms with Crippen molar-refractivity contribution in [1.82, 2.24) is 19.4 Å². The largest absolute Gasteiger partial charge is 0.511 e. The summed E-state index contributed by atoms with van der Waals surface area (Å²) in [6, 6.07) is 9.48. The molecule has 1 amide bonds. The number of pyridine rings is 1. The predicted molar refractivity (Wildman–Crippen MR) is 123 cm³/mol. The van der Waals surface area contributed by atoms with Crippen LogP contribution in [-0.2, 0) is 11.3 Å². The molecule has 3 aromatic rings. The van der Waals surface area contributed by atoms with Crippen molar-refractivity contribution in [2.45, 2.75) is 32.2 Å². The van der Waals surface area contributed by atoms with Crippen LogP contribution >= 0.6 is 0 Å². The Bertz CT molecular complexity index is 1160. The Morgan fingerprint density at radius 3 is 2.84 bits per heavy atom. The lowest BCUT2D eigenvalue weighted by Gasteiger charge is -2.26. The zero-order valence-electron chi connectivity index (χ0n) is 18.0. The molecular formula is C24H27N5O3. The van der Waals surface area contributed by atoms with E-state index in [-0.39, 0.29) is 11.3 Å². The summed E-state index contributed by atoms with van der Waals surface area (Å²) < 4.78 is 7.95. The average Bonchev–Trinajstić information content (AvgIpc) is 3.19. The van der Waals surface area contributed by atoms with E-state index in [1.165, 1.54) is 19.3 Å². The molecule has 0 radical (unpaired) electrons. The zero-order valence-corrected chi connectivity index (χ0v) is 18.0. The summed E-state index contributed by atoms with van der Waals surface area (Å²) in [6.07, 6.45) is 7.36. The Hall–Kier alpha value is -3.39. The second-order valence-corrected chi connectivity index (χ2v) is 8.22. The zero-order chi connectivity index (χ0) is 21.9. The first kappa shape index (κ1) is 20.5. The fourth-order valence-corrected chi connectivity index (χ4v) is 4.45. The molecule has 1 aromatic carbocycles. The van der Waals surface area contributed by atoms with E-state index in [0.717, 1.165) is 30.7 Å². The van der Waals surface area contributed by atoms with Crippen LogP contribution in [0.1, 0.15) is 31.5 Å². The van der Waals surface area contributed by atoms with Crippen molar-refractivity contribution in [2.75, 3.05) is 31.6 Å². The van der Waals surface area contributed by atoms with E-state index in [4.69, 9.17) is 4.74 Å². The number of rotatable bonds is 6. The number of aromatic nitrogens is 3. The van der Waals surface area contributed by atoms with Gasteiger partial charge in [-0.15, -0.1) is 0 Å². The third-order valence-corrected chi connectivity index (χ3v) is 6.11. The number of amides is 1. The van der Waals surface area contributed by atoms with Gasteiger partial charge in [0.25, 0.3) is 5.91 Å². The number of para-hydroxylation sites is 2. The molecule has 8 heteroatoms. The van der Waals surface area contributed by atoms with Crippen LogP contribution in [-0.4, -0.2) is 56.7 Å². The van der Waals surface area contributed by atoms with Crippen molar-refractivity contribution in [3.8, 4) is 5.75 Å². The minimum absolute atomic E-state index is 0.0433. The number of piperidine rings is 1.